The molecule has 0 spiro atoms. The largest absolute Gasteiger partial charge is 0.325 e. The Balaban J connectivity index is 2.23. The summed E-state index contributed by atoms with van der Waals surface area (Å²) < 4.78 is 0. The molecule has 1 atom stereocenters. The molecule has 0 saturated carbocycles. The molecular weight excluding hydrogens is 312 g/mol. The van der Waals surface area contributed by atoms with Crippen LogP contribution >= 0.6 is 27.3 Å². The Morgan fingerprint density at radius 2 is 2.28 bits per heavy atom. The van der Waals surface area contributed by atoms with Crippen molar-refractivity contribution in [3.05, 3.63) is 34.7 Å². The van der Waals surface area contributed by atoms with E-state index in [2.05, 4.69) is 26.2 Å². The van der Waals surface area contributed by atoms with E-state index in [0.29, 0.717) is 0 Å². The zero-order chi connectivity index (χ0) is 13.1. The molecule has 1 heterocycles. The zero-order valence-electron chi connectivity index (χ0n) is 10.1. The maximum absolute atomic E-state index is 11.6. The summed E-state index contributed by atoms with van der Waals surface area (Å²) in [5.41, 5.74) is 2.74. The second kappa shape index (κ2) is 5.63. The van der Waals surface area contributed by atoms with E-state index in [1.807, 2.05) is 36.6 Å². The number of anilines is 1. The van der Waals surface area contributed by atoms with Crippen molar-refractivity contribution in [1.29, 1.82) is 0 Å². The van der Waals surface area contributed by atoms with Gasteiger partial charge < -0.3 is 5.32 Å². The molecule has 2 rings (SSSR count). The van der Waals surface area contributed by atoms with Gasteiger partial charge in [-0.15, -0.1) is 11.3 Å². The fourth-order valence-electron chi connectivity index (χ4n) is 1.49. The number of aryl methyl sites for hydroxylation is 1. The number of halogens is 1. The first kappa shape index (κ1) is 13.2. The average molecular weight is 325 g/mol. The molecular formula is C13H13BrN2OS. The summed E-state index contributed by atoms with van der Waals surface area (Å²) >= 11 is 4.86. The molecule has 1 unspecified atom stereocenters. The molecule has 1 aromatic heterocycles. The molecule has 94 valence electrons. The molecule has 1 amide bonds. The Kier molecular flexibility index (Phi) is 4.14. The van der Waals surface area contributed by atoms with Gasteiger partial charge in [0.05, 0.1) is 15.5 Å². The third-order valence-electron chi connectivity index (χ3n) is 2.41. The Labute approximate surface area is 118 Å². The van der Waals surface area contributed by atoms with Crippen LogP contribution in [0.2, 0.25) is 0 Å². The van der Waals surface area contributed by atoms with Gasteiger partial charge in [-0.2, -0.15) is 0 Å². The van der Waals surface area contributed by atoms with E-state index in [1.54, 1.807) is 18.3 Å². The molecule has 0 radical (unpaired) electrons. The van der Waals surface area contributed by atoms with Crippen LogP contribution in [0.5, 0.6) is 0 Å². The van der Waals surface area contributed by atoms with Crippen LogP contribution in [0.3, 0.4) is 0 Å². The molecule has 0 aliphatic rings. The van der Waals surface area contributed by atoms with E-state index >= 15 is 0 Å². The summed E-state index contributed by atoms with van der Waals surface area (Å²) in [6.07, 6.45) is 0. The summed E-state index contributed by atoms with van der Waals surface area (Å²) in [4.78, 5) is 15.8. The van der Waals surface area contributed by atoms with Crippen LogP contribution in [0, 0.1) is 6.92 Å². The van der Waals surface area contributed by atoms with Gasteiger partial charge in [-0.05, 0) is 26.0 Å². The van der Waals surface area contributed by atoms with Crippen LogP contribution in [-0.2, 0) is 4.79 Å². The van der Waals surface area contributed by atoms with Gasteiger partial charge in [0.2, 0.25) is 5.91 Å². The Hall–Kier alpha value is -1.20. The van der Waals surface area contributed by atoms with Crippen LogP contribution in [0.1, 0.15) is 11.9 Å². The summed E-state index contributed by atoms with van der Waals surface area (Å²) in [5, 5.41) is 5.90. The number of alkyl halides is 1. The van der Waals surface area contributed by atoms with Gasteiger partial charge in [0.25, 0.3) is 0 Å². The molecule has 1 aromatic carbocycles. The Bertz CT molecular complexity index is 566. The predicted octanol–water partition coefficient (Wildman–Crippen LogP) is 3.84. The first-order valence-electron chi connectivity index (χ1n) is 5.54. The van der Waals surface area contributed by atoms with Crippen molar-refractivity contribution in [2.75, 3.05) is 5.32 Å². The average Bonchev–Trinajstić information content (AvgIpc) is 2.76. The molecule has 18 heavy (non-hydrogen) atoms. The van der Waals surface area contributed by atoms with Crippen LogP contribution in [0.15, 0.2) is 29.6 Å². The second-order valence-electron chi connectivity index (χ2n) is 3.94. The highest BCUT2D eigenvalue weighted by atomic mass is 79.9. The van der Waals surface area contributed by atoms with Crippen LogP contribution < -0.4 is 5.32 Å². The van der Waals surface area contributed by atoms with Crippen LogP contribution in [0.4, 0.5) is 5.69 Å². The normalized spacial score (nSPS) is 12.2. The van der Waals surface area contributed by atoms with Crippen molar-refractivity contribution < 1.29 is 4.79 Å². The SMILES string of the molecule is Cc1nc(-c2cccc(NC(=O)C(C)Br)c2)cs1. The van der Waals surface area contributed by atoms with E-state index in [1.165, 1.54) is 0 Å². The number of benzene rings is 1. The van der Waals surface area contributed by atoms with E-state index in [4.69, 9.17) is 0 Å². The fraction of sp³-hybridized carbons (Fsp3) is 0.231. The van der Waals surface area contributed by atoms with Gasteiger partial charge in [0.15, 0.2) is 0 Å². The lowest BCUT2D eigenvalue weighted by Crippen LogP contribution is -2.19. The standard InChI is InChI=1S/C13H13BrN2OS/c1-8(14)13(17)16-11-5-3-4-10(6-11)12-7-18-9(2)15-12/h3-8H,1-2H3,(H,16,17). The van der Waals surface area contributed by atoms with Crippen LogP contribution in [-0.4, -0.2) is 15.7 Å². The number of carbonyl (C=O) groups excluding carboxylic acids is 1. The number of amides is 1. The van der Waals surface area contributed by atoms with Gasteiger partial charge in [-0.1, -0.05) is 28.1 Å². The maximum atomic E-state index is 11.6. The number of nitrogens with zero attached hydrogens (tertiary/aromatic N) is 1. The lowest BCUT2D eigenvalue weighted by Gasteiger charge is -2.07. The van der Waals surface area contributed by atoms with Gasteiger partial charge in [0, 0.05) is 16.6 Å². The molecule has 5 heteroatoms. The number of thiazole rings is 1. The van der Waals surface area contributed by atoms with Gasteiger partial charge >= 0.3 is 0 Å². The van der Waals surface area contributed by atoms with E-state index in [-0.39, 0.29) is 10.7 Å². The lowest BCUT2D eigenvalue weighted by atomic mass is 10.1. The summed E-state index contributed by atoms with van der Waals surface area (Å²) in [6, 6.07) is 7.71. The number of hydrogen-bond acceptors (Lipinski definition) is 3. The monoisotopic (exact) mass is 324 g/mol. The molecule has 0 aliphatic carbocycles. The van der Waals surface area contributed by atoms with Crippen molar-refractivity contribution in [2.24, 2.45) is 0 Å². The van der Waals surface area contributed by atoms with Crippen molar-refractivity contribution in [2.45, 2.75) is 18.7 Å². The van der Waals surface area contributed by atoms with Gasteiger partial charge in [0.1, 0.15) is 0 Å². The minimum atomic E-state index is -0.206. The highest BCUT2D eigenvalue weighted by Crippen LogP contribution is 2.24. The predicted molar refractivity (Wildman–Crippen MR) is 79.3 cm³/mol. The maximum Gasteiger partial charge on any atom is 0.237 e. The topological polar surface area (TPSA) is 42.0 Å². The Morgan fingerprint density at radius 1 is 1.50 bits per heavy atom. The first-order valence-corrected chi connectivity index (χ1v) is 7.33. The summed E-state index contributed by atoms with van der Waals surface area (Å²) in [5.74, 6) is -0.0541. The van der Waals surface area contributed by atoms with E-state index in [0.717, 1.165) is 22.0 Å². The molecule has 0 saturated heterocycles. The first-order chi connectivity index (χ1) is 8.56. The fourth-order valence-corrected chi connectivity index (χ4v) is 2.23. The van der Waals surface area contributed by atoms with Crippen molar-refractivity contribution in [3.63, 3.8) is 0 Å². The third-order valence-corrected chi connectivity index (χ3v) is 3.60. The summed E-state index contributed by atoms with van der Waals surface area (Å²) in [7, 11) is 0. The molecule has 2 aromatic rings. The van der Waals surface area contributed by atoms with Crippen molar-refractivity contribution >= 4 is 38.9 Å². The molecule has 3 nitrogen and oxygen atoms in total. The number of rotatable bonds is 3. The second-order valence-corrected chi connectivity index (χ2v) is 6.37. The van der Waals surface area contributed by atoms with Crippen LogP contribution in [0.25, 0.3) is 11.3 Å². The molecule has 0 bridgehead atoms. The number of nitrogens with one attached hydrogen (secondary N) is 1. The van der Waals surface area contributed by atoms with Gasteiger partial charge in [-0.25, -0.2) is 4.98 Å². The Morgan fingerprint density at radius 3 is 2.89 bits per heavy atom. The van der Waals surface area contributed by atoms with Gasteiger partial charge in [-0.3, -0.25) is 4.79 Å². The minimum Gasteiger partial charge on any atom is -0.325 e. The van der Waals surface area contributed by atoms with Crippen molar-refractivity contribution in [3.8, 4) is 11.3 Å². The number of carbonyl (C=O) groups is 1. The molecule has 0 fully saturated rings. The molecule has 0 aliphatic heterocycles. The lowest BCUT2D eigenvalue weighted by molar-refractivity contribution is -0.115. The van der Waals surface area contributed by atoms with Crippen molar-refractivity contribution in [1.82, 2.24) is 4.98 Å². The number of aromatic nitrogens is 1. The van der Waals surface area contributed by atoms with E-state index in [9.17, 15) is 4.79 Å². The highest BCUT2D eigenvalue weighted by molar-refractivity contribution is 9.10. The highest BCUT2D eigenvalue weighted by Gasteiger charge is 2.09. The summed E-state index contributed by atoms with van der Waals surface area (Å²) in [6.45, 7) is 3.77. The smallest absolute Gasteiger partial charge is 0.237 e. The number of hydrogen-bond donors (Lipinski definition) is 1. The minimum absolute atomic E-state index is 0.0541. The van der Waals surface area contributed by atoms with E-state index < -0.39 is 0 Å². The zero-order valence-corrected chi connectivity index (χ0v) is 12.5. The quantitative estimate of drug-likeness (QED) is 0.871. The molecule has 1 N–H and O–H groups in total. The third kappa shape index (κ3) is 3.17.